The highest BCUT2D eigenvalue weighted by atomic mass is 16.5. The number of hydrogen-bond donors (Lipinski definition) is 6. The van der Waals surface area contributed by atoms with Crippen LogP contribution in [0.3, 0.4) is 0 Å². The van der Waals surface area contributed by atoms with Gasteiger partial charge in [-0.05, 0) is 59.8 Å². The Hall–Kier alpha value is -4.97. The monoisotopic (exact) mass is 703 g/mol. The summed E-state index contributed by atoms with van der Waals surface area (Å²) in [6.07, 6.45) is -0.905. The maximum absolute atomic E-state index is 13.7. The van der Waals surface area contributed by atoms with Crippen LogP contribution in [0.4, 0.5) is 9.59 Å². The van der Waals surface area contributed by atoms with E-state index in [-0.39, 0.29) is 12.8 Å². The van der Waals surface area contributed by atoms with Crippen LogP contribution in [0, 0.1) is 17.8 Å². The molecule has 12 heteroatoms. The predicted molar refractivity (Wildman–Crippen MR) is 196 cm³/mol. The second-order valence-electron chi connectivity index (χ2n) is 15.1. The van der Waals surface area contributed by atoms with Crippen LogP contribution >= 0.6 is 0 Å². The summed E-state index contributed by atoms with van der Waals surface area (Å²) in [4.78, 5) is 55.7. The molecule has 0 fully saturated rings. The molecule has 0 unspecified atom stereocenters. The van der Waals surface area contributed by atoms with Crippen molar-refractivity contribution in [1.82, 2.24) is 26.3 Å². The van der Waals surface area contributed by atoms with Gasteiger partial charge >= 0.3 is 12.2 Å². The van der Waals surface area contributed by atoms with Gasteiger partial charge < -0.3 is 36.2 Å². The SMILES string of the molecule is COC(=O)N[C@H](C(=O)N[C@@H](Cc1ccccc1)C[C@H](O)[C@H](Cc1ccc(-c2ccc(C)cn2)cc1)NC(=O)[C@H](NC(=O)O)C(C)(C)C)C(C)(C)C. The summed E-state index contributed by atoms with van der Waals surface area (Å²) in [6.45, 7) is 12.7. The standard InChI is InChI=1S/C39H53N5O7/c1-24-14-19-29(40-23-24)27-17-15-26(16-18-27)21-30(42-35(47)32(38(2,3)4)43-36(48)49)31(45)22-28(20-25-12-10-9-11-13-25)41-34(46)33(39(5,6)7)44-37(50)51-8/h9-19,23,28,30-33,43,45H,20-22H2,1-8H3,(H,41,46)(H,42,47)(H,44,50)(H,48,49)/t28-,30-,31-,32-,33+/m0/s1. The van der Waals surface area contributed by atoms with Crippen LogP contribution < -0.4 is 21.3 Å². The Bertz CT molecular complexity index is 1600. The molecule has 3 aromatic rings. The summed E-state index contributed by atoms with van der Waals surface area (Å²) >= 11 is 0. The van der Waals surface area contributed by atoms with E-state index in [1.807, 2.05) is 94.4 Å². The average Bonchev–Trinajstić information content (AvgIpc) is 3.05. The van der Waals surface area contributed by atoms with Crippen LogP contribution in [0.1, 0.15) is 64.7 Å². The van der Waals surface area contributed by atoms with Gasteiger partial charge in [0.25, 0.3) is 0 Å². The van der Waals surface area contributed by atoms with E-state index in [1.54, 1.807) is 27.0 Å². The molecule has 0 aliphatic heterocycles. The number of aliphatic hydroxyl groups is 1. The fourth-order valence-electron chi connectivity index (χ4n) is 5.74. The minimum Gasteiger partial charge on any atom is -0.465 e. The summed E-state index contributed by atoms with van der Waals surface area (Å²) in [5.74, 6) is -1.05. The number of carbonyl (C=O) groups is 4. The van der Waals surface area contributed by atoms with Crippen molar-refractivity contribution in [2.45, 2.75) is 98.0 Å². The first-order valence-electron chi connectivity index (χ1n) is 17.1. The van der Waals surface area contributed by atoms with Crippen molar-refractivity contribution in [2.24, 2.45) is 10.8 Å². The van der Waals surface area contributed by atoms with Gasteiger partial charge in [0, 0.05) is 17.8 Å². The molecular weight excluding hydrogens is 650 g/mol. The van der Waals surface area contributed by atoms with E-state index in [9.17, 15) is 29.4 Å². The number of nitrogens with zero attached hydrogens (tertiary/aromatic N) is 1. The molecule has 0 saturated heterocycles. The normalized spacial score (nSPS) is 14.6. The Morgan fingerprint density at radius 1 is 0.745 bits per heavy atom. The first-order chi connectivity index (χ1) is 23.9. The van der Waals surface area contributed by atoms with Crippen molar-refractivity contribution in [3.63, 3.8) is 0 Å². The van der Waals surface area contributed by atoms with Crippen LogP contribution in [-0.4, -0.2) is 76.6 Å². The first-order valence-corrected chi connectivity index (χ1v) is 17.1. The molecule has 0 aliphatic rings. The number of nitrogens with one attached hydrogen (secondary N) is 4. The lowest BCUT2D eigenvalue weighted by Gasteiger charge is -2.34. The van der Waals surface area contributed by atoms with Gasteiger partial charge in [-0.3, -0.25) is 14.6 Å². The molecule has 5 atom stereocenters. The molecular formula is C39H53N5O7. The number of ether oxygens (including phenoxy) is 1. The quantitative estimate of drug-likeness (QED) is 0.136. The van der Waals surface area contributed by atoms with Gasteiger partial charge in [0.2, 0.25) is 11.8 Å². The van der Waals surface area contributed by atoms with Gasteiger partial charge in [-0.15, -0.1) is 0 Å². The smallest absolute Gasteiger partial charge is 0.407 e. The van der Waals surface area contributed by atoms with Crippen molar-refractivity contribution in [3.05, 3.63) is 89.6 Å². The number of alkyl carbamates (subject to hydrolysis) is 1. The van der Waals surface area contributed by atoms with Crippen LogP contribution in [0.2, 0.25) is 0 Å². The van der Waals surface area contributed by atoms with E-state index in [1.165, 1.54) is 7.11 Å². The Kier molecular flexibility index (Phi) is 14.1. The molecule has 1 heterocycles. The Labute approximate surface area is 300 Å². The molecule has 0 aliphatic carbocycles. The summed E-state index contributed by atoms with van der Waals surface area (Å²) < 4.78 is 4.76. The number of aliphatic hydroxyl groups excluding tert-OH is 1. The number of carboxylic acid groups (broad SMARTS) is 1. The maximum Gasteiger partial charge on any atom is 0.407 e. The third-order valence-electron chi connectivity index (χ3n) is 8.58. The number of hydrogen-bond acceptors (Lipinski definition) is 7. The molecule has 0 saturated carbocycles. The highest BCUT2D eigenvalue weighted by Gasteiger charge is 2.37. The number of aryl methyl sites for hydroxylation is 1. The number of aromatic nitrogens is 1. The molecule has 51 heavy (non-hydrogen) atoms. The highest BCUT2D eigenvalue weighted by Crippen LogP contribution is 2.24. The van der Waals surface area contributed by atoms with Gasteiger partial charge in [0.05, 0.1) is 24.9 Å². The second kappa shape index (κ2) is 17.8. The molecule has 2 aromatic carbocycles. The van der Waals surface area contributed by atoms with E-state index in [4.69, 9.17) is 4.74 Å². The number of benzene rings is 2. The average molecular weight is 704 g/mol. The number of methoxy groups -OCH3 is 1. The van der Waals surface area contributed by atoms with E-state index < -0.39 is 65.1 Å². The maximum atomic E-state index is 13.7. The van der Waals surface area contributed by atoms with Gasteiger partial charge in [-0.25, -0.2) is 9.59 Å². The lowest BCUT2D eigenvalue weighted by atomic mass is 9.85. The molecule has 3 rings (SSSR count). The fraction of sp³-hybridized carbons (Fsp3) is 0.462. The van der Waals surface area contributed by atoms with E-state index in [0.29, 0.717) is 6.42 Å². The highest BCUT2D eigenvalue weighted by molar-refractivity contribution is 5.87. The van der Waals surface area contributed by atoms with Crippen LogP contribution in [0.25, 0.3) is 11.3 Å². The zero-order chi connectivity index (χ0) is 37.9. The van der Waals surface area contributed by atoms with E-state index in [2.05, 4.69) is 26.3 Å². The summed E-state index contributed by atoms with van der Waals surface area (Å²) in [7, 11) is 1.22. The van der Waals surface area contributed by atoms with Gasteiger partial charge in [0.1, 0.15) is 12.1 Å². The Balaban J connectivity index is 1.95. The molecule has 0 radical (unpaired) electrons. The van der Waals surface area contributed by atoms with Crippen molar-refractivity contribution in [1.29, 1.82) is 0 Å². The molecule has 0 bridgehead atoms. The number of rotatable bonds is 14. The predicted octanol–water partition coefficient (Wildman–Crippen LogP) is 5.02. The van der Waals surface area contributed by atoms with Crippen molar-refractivity contribution in [2.75, 3.05) is 7.11 Å². The van der Waals surface area contributed by atoms with Gasteiger partial charge in [0.15, 0.2) is 0 Å². The van der Waals surface area contributed by atoms with Crippen molar-refractivity contribution < 1.29 is 34.1 Å². The fourth-order valence-corrected chi connectivity index (χ4v) is 5.74. The summed E-state index contributed by atoms with van der Waals surface area (Å²) in [5.41, 5.74) is 3.01. The summed E-state index contributed by atoms with van der Waals surface area (Å²) in [5, 5.41) is 32.3. The second-order valence-corrected chi connectivity index (χ2v) is 15.1. The molecule has 276 valence electrons. The first kappa shape index (κ1) is 40.5. The lowest BCUT2D eigenvalue weighted by molar-refractivity contribution is -0.128. The van der Waals surface area contributed by atoms with Crippen LogP contribution in [0.15, 0.2) is 72.9 Å². The largest absolute Gasteiger partial charge is 0.465 e. The van der Waals surface area contributed by atoms with Crippen LogP contribution in [0.5, 0.6) is 0 Å². The van der Waals surface area contributed by atoms with E-state index in [0.717, 1.165) is 27.9 Å². The lowest BCUT2D eigenvalue weighted by Crippen LogP contribution is -2.58. The molecule has 1 aromatic heterocycles. The Morgan fingerprint density at radius 3 is 1.84 bits per heavy atom. The van der Waals surface area contributed by atoms with Crippen LogP contribution in [-0.2, 0) is 27.2 Å². The minimum atomic E-state index is -1.35. The minimum absolute atomic E-state index is 0.0264. The van der Waals surface area contributed by atoms with Crippen molar-refractivity contribution >= 4 is 24.0 Å². The topological polar surface area (TPSA) is 179 Å². The summed E-state index contributed by atoms with van der Waals surface area (Å²) in [6, 6.07) is 17.4. The molecule has 12 nitrogen and oxygen atoms in total. The molecule has 0 spiro atoms. The number of pyridine rings is 1. The van der Waals surface area contributed by atoms with E-state index >= 15 is 0 Å². The third kappa shape index (κ3) is 12.7. The van der Waals surface area contributed by atoms with Gasteiger partial charge in [-0.2, -0.15) is 0 Å². The zero-order valence-corrected chi connectivity index (χ0v) is 30.8. The third-order valence-corrected chi connectivity index (χ3v) is 8.58. The van der Waals surface area contributed by atoms with Crippen molar-refractivity contribution in [3.8, 4) is 11.3 Å². The zero-order valence-electron chi connectivity index (χ0n) is 30.8. The number of amides is 4. The van der Waals surface area contributed by atoms with Gasteiger partial charge in [-0.1, -0.05) is 102 Å². The Morgan fingerprint density at radius 2 is 1.31 bits per heavy atom. The molecule has 4 amide bonds. The number of carbonyl (C=O) groups excluding carboxylic acids is 3. The molecule has 6 N–H and O–H groups in total.